The first-order valence-corrected chi connectivity index (χ1v) is 9.24. The lowest BCUT2D eigenvalue weighted by Gasteiger charge is -2.30. The van der Waals surface area contributed by atoms with E-state index in [9.17, 15) is 0 Å². The predicted octanol–water partition coefficient (Wildman–Crippen LogP) is 3.98. The third-order valence-electron chi connectivity index (χ3n) is 5.63. The first-order chi connectivity index (χ1) is 12.5. The molecule has 3 aromatic rings. The summed E-state index contributed by atoms with van der Waals surface area (Å²) in [5, 5.41) is 8.75. The van der Waals surface area contributed by atoms with Crippen molar-refractivity contribution in [1.29, 1.82) is 0 Å². The Morgan fingerprint density at radius 3 is 2.73 bits per heavy atom. The maximum absolute atomic E-state index is 6.40. The van der Waals surface area contributed by atoms with Crippen LogP contribution in [0.2, 0.25) is 0 Å². The Morgan fingerprint density at radius 2 is 1.92 bits per heavy atom. The van der Waals surface area contributed by atoms with Gasteiger partial charge in [0, 0.05) is 0 Å². The van der Waals surface area contributed by atoms with Crippen LogP contribution in [-0.2, 0) is 12.0 Å². The van der Waals surface area contributed by atoms with E-state index >= 15 is 0 Å². The van der Waals surface area contributed by atoms with Gasteiger partial charge in [0.05, 0.1) is 11.7 Å². The molecule has 136 valence electrons. The SMILES string of the molecule is CN(C)C(C)(C)c1nnc2ccc(O[C@@H]3CCCc4ccccc43)cn12. The molecule has 0 bridgehead atoms. The van der Waals surface area contributed by atoms with Crippen molar-refractivity contribution in [3.63, 3.8) is 0 Å². The third kappa shape index (κ3) is 2.86. The average molecular weight is 350 g/mol. The number of ether oxygens (including phenoxy) is 1. The summed E-state index contributed by atoms with van der Waals surface area (Å²) in [6, 6.07) is 12.6. The van der Waals surface area contributed by atoms with Crippen molar-refractivity contribution in [3.05, 3.63) is 59.5 Å². The van der Waals surface area contributed by atoms with Crippen LogP contribution in [0.25, 0.3) is 5.65 Å². The van der Waals surface area contributed by atoms with Gasteiger partial charge < -0.3 is 4.74 Å². The highest BCUT2D eigenvalue weighted by atomic mass is 16.5. The molecule has 0 fully saturated rings. The van der Waals surface area contributed by atoms with Gasteiger partial charge in [-0.05, 0) is 70.5 Å². The lowest BCUT2D eigenvalue weighted by molar-refractivity contribution is 0.178. The molecule has 0 spiro atoms. The highest BCUT2D eigenvalue weighted by molar-refractivity contribution is 5.43. The van der Waals surface area contributed by atoms with Gasteiger partial charge in [0.1, 0.15) is 11.9 Å². The molecule has 0 saturated heterocycles. The van der Waals surface area contributed by atoms with E-state index in [2.05, 4.69) is 67.3 Å². The zero-order valence-corrected chi connectivity index (χ0v) is 15.9. The van der Waals surface area contributed by atoms with Gasteiger partial charge in [0.15, 0.2) is 11.5 Å². The maximum atomic E-state index is 6.40. The maximum Gasteiger partial charge on any atom is 0.161 e. The minimum atomic E-state index is -0.227. The summed E-state index contributed by atoms with van der Waals surface area (Å²) in [5.74, 6) is 1.77. The molecule has 2 heterocycles. The fourth-order valence-electron chi connectivity index (χ4n) is 3.55. The topological polar surface area (TPSA) is 42.7 Å². The lowest BCUT2D eigenvalue weighted by atomic mass is 9.89. The number of aromatic nitrogens is 3. The summed E-state index contributed by atoms with van der Waals surface area (Å²) in [6.07, 6.45) is 5.48. The quantitative estimate of drug-likeness (QED) is 0.714. The molecule has 0 aliphatic heterocycles. The van der Waals surface area contributed by atoms with E-state index in [-0.39, 0.29) is 11.6 Å². The number of aryl methyl sites for hydroxylation is 1. The van der Waals surface area contributed by atoms with Gasteiger partial charge in [0.2, 0.25) is 0 Å². The molecule has 0 unspecified atom stereocenters. The largest absolute Gasteiger partial charge is 0.484 e. The van der Waals surface area contributed by atoms with E-state index in [4.69, 9.17) is 4.74 Å². The van der Waals surface area contributed by atoms with Gasteiger partial charge in [0.25, 0.3) is 0 Å². The Labute approximate surface area is 154 Å². The molecule has 26 heavy (non-hydrogen) atoms. The molecule has 5 nitrogen and oxygen atoms in total. The highest BCUT2D eigenvalue weighted by Gasteiger charge is 2.29. The van der Waals surface area contributed by atoms with Crippen molar-refractivity contribution in [3.8, 4) is 5.75 Å². The van der Waals surface area contributed by atoms with Gasteiger partial charge in [-0.2, -0.15) is 0 Å². The predicted molar refractivity (Wildman–Crippen MR) is 102 cm³/mol. The summed E-state index contributed by atoms with van der Waals surface area (Å²) >= 11 is 0. The summed E-state index contributed by atoms with van der Waals surface area (Å²) in [4.78, 5) is 2.15. The second kappa shape index (κ2) is 6.40. The van der Waals surface area contributed by atoms with Crippen molar-refractivity contribution in [1.82, 2.24) is 19.5 Å². The standard InChI is InChI=1S/C21H26N4O/c1-21(2,24(3)4)20-23-22-19-13-12-16(14-25(19)20)26-18-11-7-9-15-8-5-6-10-17(15)18/h5-6,8,10,12-14,18H,7,9,11H2,1-4H3/t18-/m1/s1. The van der Waals surface area contributed by atoms with Crippen LogP contribution in [0.1, 0.15) is 49.7 Å². The molecule has 1 aliphatic rings. The summed E-state index contributed by atoms with van der Waals surface area (Å²) in [7, 11) is 4.11. The first-order valence-electron chi connectivity index (χ1n) is 9.24. The van der Waals surface area contributed by atoms with Crippen LogP contribution in [0.5, 0.6) is 5.75 Å². The number of nitrogens with zero attached hydrogens (tertiary/aromatic N) is 4. The molecule has 5 heteroatoms. The van der Waals surface area contributed by atoms with Gasteiger partial charge in [-0.25, -0.2) is 0 Å². The molecular weight excluding hydrogens is 324 g/mol. The van der Waals surface area contributed by atoms with Crippen LogP contribution in [0.15, 0.2) is 42.6 Å². The molecule has 0 amide bonds. The minimum Gasteiger partial charge on any atom is -0.484 e. The number of benzene rings is 1. The van der Waals surface area contributed by atoms with Crippen LogP contribution in [-0.4, -0.2) is 33.6 Å². The zero-order valence-electron chi connectivity index (χ0n) is 15.9. The van der Waals surface area contributed by atoms with E-state index < -0.39 is 0 Å². The van der Waals surface area contributed by atoms with Crippen molar-refractivity contribution in [2.24, 2.45) is 0 Å². The molecule has 1 aromatic carbocycles. The van der Waals surface area contributed by atoms with Gasteiger partial charge >= 0.3 is 0 Å². The molecule has 2 aromatic heterocycles. The molecule has 0 saturated carbocycles. The van der Waals surface area contributed by atoms with E-state index in [0.717, 1.165) is 36.5 Å². The van der Waals surface area contributed by atoms with Gasteiger partial charge in [-0.15, -0.1) is 10.2 Å². The Kier molecular flexibility index (Phi) is 4.19. The Bertz CT molecular complexity index is 929. The number of hydrogen-bond acceptors (Lipinski definition) is 4. The van der Waals surface area contributed by atoms with Crippen LogP contribution in [0.4, 0.5) is 0 Å². The minimum absolute atomic E-state index is 0.110. The number of hydrogen-bond donors (Lipinski definition) is 0. The van der Waals surface area contributed by atoms with E-state index in [1.54, 1.807) is 0 Å². The van der Waals surface area contributed by atoms with Crippen LogP contribution in [0, 0.1) is 0 Å². The molecule has 1 aliphatic carbocycles. The molecule has 0 radical (unpaired) electrons. The van der Waals surface area contributed by atoms with Crippen molar-refractivity contribution >= 4 is 5.65 Å². The third-order valence-corrected chi connectivity index (χ3v) is 5.63. The smallest absolute Gasteiger partial charge is 0.161 e. The van der Waals surface area contributed by atoms with Crippen molar-refractivity contribution in [2.75, 3.05) is 14.1 Å². The summed E-state index contributed by atoms with van der Waals surface area (Å²) in [5.41, 5.74) is 3.33. The Hall–Kier alpha value is -2.40. The van der Waals surface area contributed by atoms with E-state index in [1.165, 1.54) is 11.1 Å². The van der Waals surface area contributed by atoms with Crippen LogP contribution in [0.3, 0.4) is 0 Å². The second-order valence-corrected chi connectivity index (χ2v) is 7.77. The molecule has 0 N–H and O–H groups in total. The molecular formula is C21H26N4O. The summed E-state index contributed by atoms with van der Waals surface area (Å²) in [6.45, 7) is 4.29. The van der Waals surface area contributed by atoms with Crippen LogP contribution >= 0.6 is 0 Å². The average Bonchev–Trinajstić information content (AvgIpc) is 3.06. The monoisotopic (exact) mass is 350 g/mol. The molecule has 1 atom stereocenters. The normalized spacial score (nSPS) is 17.5. The Balaban J connectivity index is 1.69. The summed E-state index contributed by atoms with van der Waals surface area (Å²) < 4.78 is 8.44. The Morgan fingerprint density at radius 1 is 1.12 bits per heavy atom. The van der Waals surface area contributed by atoms with Crippen LogP contribution < -0.4 is 4.74 Å². The fourth-order valence-corrected chi connectivity index (χ4v) is 3.55. The lowest BCUT2D eigenvalue weighted by Crippen LogP contribution is -2.37. The highest BCUT2D eigenvalue weighted by Crippen LogP contribution is 2.34. The number of fused-ring (bicyclic) bond motifs is 2. The fraction of sp³-hybridized carbons (Fsp3) is 0.429. The van der Waals surface area contributed by atoms with Gasteiger partial charge in [-0.1, -0.05) is 24.3 Å². The second-order valence-electron chi connectivity index (χ2n) is 7.77. The van der Waals surface area contributed by atoms with Gasteiger partial charge in [-0.3, -0.25) is 9.30 Å². The molecule has 4 rings (SSSR count). The zero-order chi connectivity index (χ0) is 18.3. The number of rotatable bonds is 4. The van der Waals surface area contributed by atoms with Crippen molar-refractivity contribution < 1.29 is 4.74 Å². The first kappa shape index (κ1) is 17.0. The van der Waals surface area contributed by atoms with Crippen molar-refractivity contribution in [2.45, 2.75) is 44.8 Å². The number of pyridine rings is 1. The van der Waals surface area contributed by atoms with E-state index in [1.807, 2.05) is 22.7 Å². The van der Waals surface area contributed by atoms with E-state index in [0.29, 0.717) is 0 Å².